The molecule has 1 fully saturated rings. The van der Waals surface area contributed by atoms with E-state index in [2.05, 4.69) is 10.1 Å². The first-order valence-corrected chi connectivity index (χ1v) is 7.87. The molecule has 0 N–H and O–H groups in total. The molecular weight excluding hydrogens is 329 g/mol. The molecule has 2 aromatic heterocycles. The van der Waals surface area contributed by atoms with Crippen LogP contribution < -0.4 is 0 Å². The van der Waals surface area contributed by atoms with E-state index in [0.29, 0.717) is 24.0 Å². The van der Waals surface area contributed by atoms with Gasteiger partial charge in [0.2, 0.25) is 0 Å². The monoisotopic (exact) mass is 343 g/mol. The minimum Gasteiger partial charge on any atom is -0.461 e. The molecule has 22 heavy (non-hydrogen) atoms. The lowest BCUT2D eigenvalue weighted by molar-refractivity contribution is 0.0512. The van der Waals surface area contributed by atoms with E-state index in [1.54, 1.807) is 6.92 Å². The van der Waals surface area contributed by atoms with Gasteiger partial charge in [-0.2, -0.15) is 5.10 Å². The Hall–Kier alpha value is -1.37. The predicted octanol–water partition coefficient (Wildman–Crippen LogP) is 3.11. The highest BCUT2D eigenvalue weighted by Gasteiger charge is 2.30. The summed E-state index contributed by atoms with van der Waals surface area (Å²) in [5.74, 6) is -0.352. The van der Waals surface area contributed by atoms with Crippen LogP contribution in [0.3, 0.4) is 0 Å². The van der Waals surface area contributed by atoms with Gasteiger partial charge < -0.3 is 9.47 Å². The SMILES string of the molecule is CCOC(=O)c1nn2c(Cl)cc(Cl)nc2c1C1CCOCC1. The van der Waals surface area contributed by atoms with Gasteiger partial charge in [-0.1, -0.05) is 23.2 Å². The molecule has 8 heteroatoms. The summed E-state index contributed by atoms with van der Waals surface area (Å²) in [7, 11) is 0. The lowest BCUT2D eigenvalue weighted by Crippen LogP contribution is -2.17. The summed E-state index contributed by atoms with van der Waals surface area (Å²) in [6, 6.07) is 1.49. The van der Waals surface area contributed by atoms with E-state index in [9.17, 15) is 4.79 Å². The van der Waals surface area contributed by atoms with Crippen molar-refractivity contribution in [2.75, 3.05) is 19.8 Å². The Morgan fingerprint density at radius 2 is 2.18 bits per heavy atom. The number of hydrogen-bond donors (Lipinski definition) is 0. The third kappa shape index (κ3) is 2.78. The fraction of sp³-hybridized carbons (Fsp3) is 0.500. The maximum absolute atomic E-state index is 12.2. The number of nitrogens with zero attached hydrogens (tertiary/aromatic N) is 3. The van der Waals surface area contributed by atoms with Crippen LogP contribution in [-0.4, -0.2) is 40.4 Å². The first-order chi connectivity index (χ1) is 10.6. The van der Waals surface area contributed by atoms with E-state index < -0.39 is 5.97 Å². The molecule has 0 bridgehead atoms. The molecule has 0 amide bonds. The van der Waals surface area contributed by atoms with Crippen molar-refractivity contribution in [3.05, 3.63) is 27.6 Å². The Labute approximate surface area is 137 Å². The minimum absolute atomic E-state index is 0.118. The lowest BCUT2D eigenvalue weighted by Gasteiger charge is -2.21. The van der Waals surface area contributed by atoms with Gasteiger partial charge in [-0.15, -0.1) is 0 Å². The molecule has 0 aliphatic carbocycles. The fourth-order valence-corrected chi connectivity index (χ4v) is 3.14. The molecule has 118 valence electrons. The number of rotatable bonds is 3. The van der Waals surface area contributed by atoms with Crippen LogP contribution in [0, 0.1) is 0 Å². The summed E-state index contributed by atoms with van der Waals surface area (Å²) < 4.78 is 11.9. The van der Waals surface area contributed by atoms with Crippen LogP contribution in [0.2, 0.25) is 10.3 Å². The largest absolute Gasteiger partial charge is 0.461 e. The average Bonchev–Trinajstić information content (AvgIpc) is 2.88. The summed E-state index contributed by atoms with van der Waals surface area (Å²) in [6.45, 7) is 3.31. The summed E-state index contributed by atoms with van der Waals surface area (Å²) in [5.41, 5.74) is 1.50. The normalized spacial score (nSPS) is 16.1. The third-order valence-corrected chi connectivity index (χ3v) is 4.11. The predicted molar refractivity (Wildman–Crippen MR) is 81.8 cm³/mol. The number of carbonyl (C=O) groups is 1. The van der Waals surface area contributed by atoms with E-state index in [-0.39, 0.29) is 23.4 Å². The zero-order chi connectivity index (χ0) is 15.7. The van der Waals surface area contributed by atoms with Crippen molar-refractivity contribution in [3.63, 3.8) is 0 Å². The number of aromatic nitrogens is 3. The number of halogens is 2. The van der Waals surface area contributed by atoms with E-state index in [4.69, 9.17) is 32.7 Å². The van der Waals surface area contributed by atoms with Crippen LogP contribution in [0.5, 0.6) is 0 Å². The topological polar surface area (TPSA) is 65.7 Å². The van der Waals surface area contributed by atoms with Crippen molar-refractivity contribution in [1.29, 1.82) is 0 Å². The molecule has 0 spiro atoms. The van der Waals surface area contributed by atoms with E-state index >= 15 is 0 Å². The summed E-state index contributed by atoms with van der Waals surface area (Å²) >= 11 is 12.2. The van der Waals surface area contributed by atoms with Crippen molar-refractivity contribution in [2.45, 2.75) is 25.7 Å². The fourth-order valence-electron chi connectivity index (χ4n) is 2.68. The van der Waals surface area contributed by atoms with Crippen molar-refractivity contribution in [3.8, 4) is 0 Å². The van der Waals surface area contributed by atoms with Crippen LogP contribution in [0.4, 0.5) is 0 Å². The smallest absolute Gasteiger partial charge is 0.359 e. The van der Waals surface area contributed by atoms with E-state index in [1.165, 1.54) is 10.6 Å². The summed E-state index contributed by atoms with van der Waals surface area (Å²) in [6.07, 6.45) is 1.58. The number of esters is 1. The van der Waals surface area contributed by atoms with Gasteiger partial charge in [0.25, 0.3) is 0 Å². The van der Waals surface area contributed by atoms with Crippen LogP contribution in [0.1, 0.15) is 41.7 Å². The average molecular weight is 344 g/mol. The molecule has 0 aromatic carbocycles. The van der Waals surface area contributed by atoms with Crippen molar-refractivity contribution < 1.29 is 14.3 Å². The van der Waals surface area contributed by atoms with Gasteiger partial charge >= 0.3 is 5.97 Å². The van der Waals surface area contributed by atoms with Gasteiger partial charge in [-0.3, -0.25) is 0 Å². The number of carbonyl (C=O) groups excluding carboxylic acids is 1. The van der Waals surface area contributed by atoms with Crippen LogP contribution >= 0.6 is 23.2 Å². The molecule has 1 aliphatic heterocycles. The molecule has 3 rings (SSSR count). The number of hydrogen-bond acceptors (Lipinski definition) is 5. The first-order valence-electron chi connectivity index (χ1n) is 7.11. The Bertz CT molecular complexity index is 711. The molecule has 0 saturated carbocycles. The highest BCUT2D eigenvalue weighted by molar-refractivity contribution is 6.33. The Morgan fingerprint density at radius 1 is 1.45 bits per heavy atom. The second-order valence-corrected chi connectivity index (χ2v) is 5.78. The van der Waals surface area contributed by atoms with Gasteiger partial charge in [0, 0.05) is 24.8 Å². The maximum Gasteiger partial charge on any atom is 0.359 e. The third-order valence-electron chi connectivity index (χ3n) is 3.65. The highest BCUT2D eigenvalue weighted by atomic mass is 35.5. The zero-order valence-electron chi connectivity index (χ0n) is 12.0. The standard InChI is InChI=1S/C14H15Cl2N3O3/c1-2-22-14(20)12-11(8-3-5-21-6-4-8)13-17-9(15)7-10(16)19(13)18-12/h7-8H,2-6H2,1H3. The van der Waals surface area contributed by atoms with Gasteiger partial charge in [-0.05, 0) is 25.7 Å². The number of fused-ring (bicyclic) bond motifs is 1. The summed E-state index contributed by atoms with van der Waals surface area (Å²) in [4.78, 5) is 16.5. The maximum atomic E-state index is 12.2. The quantitative estimate of drug-likeness (QED) is 0.632. The zero-order valence-corrected chi connectivity index (χ0v) is 13.5. The summed E-state index contributed by atoms with van der Waals surface area (Å²) in [5, 5.41) is 4.86. The minimum atomic E-state index is -0.471. The highest BCUT2D eigenvalue weighted by Crippen LogP contribution is 2.34. The molecule has 2 aromatic rings. The van der Waals surface area contributed by atoms with Gasteiger partial charge in [0.05, 0.1) is 6.61 Å². The molecule has 1 saturated heterocycles. The van der Waals surface area contributed by atoms with Crippen molar-refractivity contribution >= 4 is 34.8 Å². The van der Waals surface area contributed by atoms with Crippen LogP contribution in [0.25, 0.3) is 5.65 Å². The molecule has 3 heterocycles. The Balaban J connectivity index is 2.19. The molecule has 0 atom stereocenters. The Morgan fingerprint density at radius 3 is 2.86 bits per heavy atom. The number of ether oxygens (including phenoxy) is 2. The second kappa shape index (κ2) is 6.40. The van der Waals surface area contributed by atoms with E-state index in [0.717, 1.165) is 18.4 Å². The molecular formula is C14H15Cl2N3O3. The second-order valence-electron chi connectivity index (χ2n) is 5.01. The van der Waals surface area contributed by atoms with Crippen molar-refractivity contribution in [2.24, 2.45) is 0 Å². The first kappa shape index (κ1) is 15.5. The Kier molecular flexibility index (Phi) is 4.52. The molecule has 1 aliphatic rings. The van der Waals surface area contributed by atoms with Gasteiger partial charge in [0.1, 0.15) is 10.3 Å². The van der Waals surface area contributed by atoms with Gasteiger partial charge in [-0.25, -0.2) is 14.3 Å². The molecule has 0 radical (unpaired) electrons. The van der Waals surface area contributed by atoms with Crippen LogP contribution in [-0.2, 0) is 9.47 Å². The van der Waals surface area contributed by atoms with Crippen LogP contribution in [0.15, 0.2) is 6.07 Å². The van der Waals surface area contributed by atoms with E-state index in [1.807, 2.05) is 0 Å². The van der Waals surface area contributed by atoms with Gasteiger partial charge in [0.15, 0.2) is 11.3 Å². The molecule has 6 nitrogen and oxygen atoms in total. The lowest BCUT2D eigenvalue weighted by atomic mass is 9.91. The molecule has 0 unspecified atom stereocenters. The van der Waals surface area contributed by atoms with Crippen molar-refractivity contribution in [1.82, 2.24) is 14.6 Å².